The zero-order valence-electron chi connectivity index (χ0n) is 29.0. The normalized spacial score (nSPS) is 14.3. The number of benzene rings is 6. The van der Waals surface area contributed by atoms with Crippen molar-refractivity contribution in [3.05, 3.63) is 203 Å². The van der Waals surface area contributed by atoms with Crippen molar-refractivity contribution in [2.45, 2.75) is 24.7 Å². The van der Waals surface area contributed by atoms with Gasteiger partial charge in [0.1, 0.15) is 0 Å². The molecule has 2 heterocycles. The lowest BCUT2D eigenvalue weighted by Crippen LogP contribution is -2.41. The van der Waals surface area contributed by atoms with Crippen molar-refractivity contribution in [1.29, 1.82) is 0 Å². The van der Waals surface area contributed by atoms with E-state index in [0.29, 0.717) is 17.5 Å². The molecule has 246 valence electrons. The van der Waals surface area contributed by atoms with E-state index >= 15 is 0 Å². The van der Waals surface area contributed by atoms with Crippen LogP contribution in [0.15, 0.2) is 170 Å². The van der Waals surface area contributed by atoms with E-state index in [2.05, 4.69) is 140 Å². The van der Waals surface area contributed by atoms with Crippen LogP contribution in [0.2, 0.25) is 0 Å². The molecule has 10 rings (SSSR count). The summed E-state index contributed by atoms with van der Waals surface area (Å²) in [6.45, 7) is 4.70. The van der Waals surface area contributed by atoms with Crippen LogP contribution < -0.4 is 0 Å². The minimum Gasteiger partial charge on any atom is -0.256 e. The SMILES string of the molecule is CC1(C)c2ccccc2C2(c3ccccc3-c3ccccc32)c2cccc(-c3nc(-c4ccccc4)nc(-c4cccc(-c5ccccn5)c4)n3)c21. The lowest BCUT2D eigenvalue weighted by Gasteiger charge is -2.47. The molecule has 0 saturated carbocycles. The Hall–Kier alpha value is -6.52. The number of aromatic nitrogens is 4. The average molecular weight is 667 g/mol. The minimum atomic E-state index is -0.500. The maximum Gasteiger partial charge on any atom is 0.164 e. The van der Waals surface area contributed by atoms with Gasteiger partial charge in [-0.2, -0.15) is 0 Å². The van der Waals surface area contributed by atoms with Gasteiger partial charge in [0.15, 0.2) is 17.5 Å². The summed E-state index contributed by atoms with van der Waals surface area (Å²) in [6.07, 6.45) is 1.82. The molecule has 0 fully saturated rings. The maximum atomic E-state index is 5.32. The first kappa shape index (κ1) is 30.3. The van der Waals surface area contributed by atoms with E-state index in [0.717, 1.165) is 27.9 Å². The quantitative estimate of drug-likeness (QED) is 0.188. The Morgan fingerprint density at radius 1 is 0.385 bits per heavy atom. The fourth-order valence-electron chi connectivity index (χ4n) is 8.87. The smallest absolute Gasteiger partial charge is 0.164 e. The topological polar surface area (TPSA) is 51.6 Å². The third-order valence-electron chi connectivity index (χ3n) is 11.0. The van der Waals surface area contributed by atoms with E-state index in [1.807, 2.05) is 48.7 Å². The molecular weight excluding hydrogens is 633 g/mol. The molecule has 8 aromatic rings. The van der Waals surface area contributed by atoms with Gasteiger partial charge in [-0.3, -0.25) is 4.98 Å². The van der Waals surface area contributed by atoms with Crippen molar-refractivity contribution in [1.82, 2.24) is 19.9 Å². The summed E-state index contributed by atoms with van der Waals surface area (Å²) >= 11 is 0. The Balaban J connectivity index is 1.27. The zero-order valence-corrected chi connectivity index (χ0v) is 29.0. The maximum absolute atomic E-state index is 5.32. The second-order valence-corrected chi connectivity index (χ2v) is 14.2. The zero-order chi connectivity index (χ0) is 34.9. The molecule has 0 atom stereocenters. The fourth-order valence-corrected chi connectivity index (χ4v) is 8.87. The van der Waals surface area contributed by atoms with Crippen LogP contribution in [0.5, 0.6) is 0 Å². The van der Waals surface area contributed by atoms with Gasteiger partial charge in [-0.05, 0) is 62.7 Å². The highest BCUT2D eigenvalue weighted by molar-refractivity contribution is 5.90. The molecule has 4 heteroatoms. The lowest BCUT2D eigenvalue weighted by atomic mass is 9.55. The third kappa shape index (κ3) is 4.34. The van der Waals surface area contributed by atoms with E-state index in [1.54, 1.807) is 0 Å². The first-order valence-corrected chi connectivity index (χ1v) is 17.8. The highest BCUT2D eigenvalue weighted by Gasteiger charge is 2.53. The number of nitrogens with zero attached hydrogens (tertiary/aromatic N) is 4. The van der Waals surface area contributed by atoms with Crippen molar-refractivity contribution >= 4 is 0 Å². The standard InChI is InChI=1S/C48H34N4/c1-47(2)39-25-10-11-26-40(39)48(37-23-8-6-20-34(37)35-21-7-9-24-38(35)48)41-27-15-22-36(43(41)47)46-51-44(31-16-4-3-5-17-31)50-45(52-46)33-19-14-18-32(30-33)42-28-12-13-29-49-42/h3-30H,1-2H3. The van der Waals surface area contributed by atoms with Gasteiger partial charge in [0.25, 0.3) is 0 Å². The van der Waals surface area contributed by atoms with Crippen LogP contribution in [0.1, 0.15) is 47.2 Å². The van der Waals surface area contributed by atoms with E-state index in [9.17, 15) is 0 Å². The predicted molar refractivity (Wildman–Crippen MR) is 209 cm³/mol. The van der Waals surface area contributed by atoms with Gasteiger partial charge in [-0.25, -0.2) is 15.0 Å². The van der Waals surface area contributed by atoms with Crippen LogP contribution in [0, 0.1) is 0 Å². The van der Waals surface area contributed by atoms with Crippen LogP contribution in [0.4, 0.5) is 0 Å². The molecule has 4 nitrogen and oxygen atoms in total. The van der Waals surface area contributed by atoms with E-state index < -0.39 is 5.41 Å². The Morgan fingerprint density at radius 3 is 1.62 bits per heavy atom. The molecule has 6 aromatic carbocycles. The van der Waals surface area contributed by atoms with Crippen molar-refractivity contribution in [2.24, 2.45) is 0 Å². The first-order valence-electron chi connectivity index (χ1n) is 17.8. The van der Waals surface area contributed by atoms with Crippen LogP contribution >= 0.6 is 0 Å². The summed E-state index contributed by atoms with van der Waals surface area (Å²) in [6, 6.07) is 58.2. The Morgan fingerprint density at radius 2 is 0.904 bits per heavy atom. The molecular formula is C48H34N4. The van der Waals surface area contributed by atoms with E-state index in [4.69, 9.17) is 15.0 Å². The first-order chi connectivity index (χ1) is 25.5. The molecule has 52 heavy (non-hydrogen) atoms. The Kier molecular flexibility index (Phi) is 6.71. The van der Waals surface area contributed by atoms with Crippen molar-refractivity contribution in [3.8, 4) is 56.5 Å². The monoisotopic (exact) mass is 666 g/mol. The summed E-state index contributed by atoms with van der Waals surface area (Å²) < 4.78 is 0. The minimum absolute atomic E-state index is 0.362. The van der Waals surface area contributed by atoms with Crippen LogP contribution in [-0.4, -0.2) is 19.9 Å². The van der Waals surface area contributed by atoms with Crippen molar-refractivity contribution < 1.29 is 0 Å². The molecule has 2 aliphatic rings. The number of pyridine rings is 1. The van der Waals surface area contributed by atoms with Gasteiger partial charge in [-0.15, -0.1) is 0 Å². The Bertz CT molecular complexity index is 2620. The Labute approximate surface area is 303 Å². The predicted octanol–water partition coefficient (Wildman–Crippen LogP) is 10.9. The summed E-state index contributed by atoms with van der Waals surface area (Å²) in [5, 5.41) is 0. The summed E-state index contributed by atoms with van der Waals surface area (Å²) in [5.74, 6) is 1.92. The molecule has 0 unspecified atom stereocenters. The molecule has 1 spiro atoms. The van der Waals surface area contributed by atoms with Gasteiger partial charge < -0.3 is 0 Å². The molecule has 2 aromatic heterocycles. The second kappa shape index (κ2) is 11.5. The van der Waals surface area contributed by atoms with Gasteiger partial charge in [-0.1, -0.05) is 159 Å². The van der Waals surface area contributed by atoms with E-state index in [1.165, 1.54) is 44.5 Å². The third-order valence-corrected chi connectivity index (χ3v) is 11.0. The van der Waals surface area contributed by atoms with Gasteiger partial charge in [0.05, 0.1) is 11.1 Å². The van der Waals surface area contributed by atoms with Crippen LogP contribution in [0.25, 0.3) is 56.5 Å². The molecule has 0 amide bonds. The van der Waals surface area contributed by atoms with Gasteiger partial charge in [0, 0.05) is 33.9 Å². The van der Waals surface area contributed by atoms with Crippen molar-refractivity contribution in [2.75, 3.05) is 0 Å². The number of hydrogen-bond donors (Lipinski definition) is 0. The highest BCUT2D eigenvalue weighted by Crippen LogP contribution is 2.63. The van der Waals surface area contributed by atoms with Gasteiger partial charge >= 0.3 is 0 Å². The summed E-state index contributed by atoms with van der Waals surface area (Å²) in [4.78, 5) is 20.3. The average Bonchev–Trinajstić information content (AvgIpc) is 3.51. The van der Waals surface area contributed by atoms with Crippen LogP contribution in [-0.2, 0) is 10.8 Å². The molecule has 0 aliphatic heterocycles. The van der Waals surface area contributed by atoms with Crippen LogP contribution in [0.3, 0.4) is 0 Å². The van der Waals surface area contributed by atoms with E-state index in [-0.39, 0.29) is 5.41 Å². The fraction of sp³-hybridized carbons (Fsp3) is 0.0833. The second-order valence-electron chi connectivity index (χ2n) is 14.2. The number of rotatable bonds is 4. The summed E-state index contributed by atoms with van der Waals surface area (Å²) in [7, 11) is 0. The highest BCUT2D eigenvalue weighted by atomic mass is 15.0. The molecule has 2 aliphatic carbocycles. The number of fused-ring (bicyclic) bond motifs is 9. The largest absolute Gasteiger partial charge is 0.256 e. The lowest BCUT2D eigenvalue weighted by molar-refractivity contribution is 0.564. The molecule has 0 N–H and O–H groups in total. The molecule has 0 bridgehead atoms. The number of hydrogen-bond acceptors (Lipinski definition) is 4. The molecule has 0 radical (unpaired) electrons. The molecule has 0 saturated heterocycles. The van der Waals surface area contributed by atoms with Gasteiger partial charge in [0.2, 0.25) is 0 Å². The summed E-state index contributed by atoms with van der Waals surface area (Å²) in [5.41, 5.74) is 14.2. The van der Waals surface area contributed by atoms with Crippen molar-refractivity contribution in [3.63, 3.8) is 0 Å².